The molecule has 22 heavy (non-hydrogen) atoms. The summed E-state index contributed by atoms with van der Waals surface area (Å²) in [5.41, 5.74) is 0. The van der Waals surface area contributed by atoms with E-state index in [4.69, 9.17) is 0 Å². The third kappa shape index (κ3) is 3.31. The van der Waals surface area contributed by atoms with Crippen LogP contribution in [0.5, 0.6) is 0 Å². The van der Waals surface area contributed by atoms with E-state index in [0.717, 1.165) is 38.5 Å². The maximum atomic E-state index is 12.5. The number of piperazine rings is 1. The van der Waals surface area contributed by atoms with Gasteiger partial charge >= 0.3 is 0 Å². The van der Waals surface area contributed by atoms with Crippen LogP contribution in [0.15, 0.2) is 0 Å². The number of carbonyl (C=O) groups is 1. The van der Waals surface area contributed by atoms with Gasteiger partial charge in [0.2, 0.25) is 5.91 Å². The highest BCUT2D eigenvalue weighted by molar-refractivity contribution is 7.86. The summed E-state index contributed by atoms with van der Waals surface area (Å²) in [5, 5.41) is 0. The Morgan fingerprint density at radius 2 is 1.27 bits per heavy atom. The first kappa shape index (κ1) is 16.2. The molecule has 0 spiro atoms. The van der Waals surface area contributed by atoms with E-state index in [-0.39, 0.29) is 11.8 Å². The summed E-state index contributed by atoms with van der Waals surface area (Å²) in [6, 6.07) is 0. The van der Waals surface area contributed by atoms with Crippen molar-refractivity contribution in [3.05, 3.63) is 0 Å². The van der Waals surface area contributed by atoms with E-state index < -0.39 is 10.2 Å². The van der Waals surface area contributed by atoms with Crippen molar-refractivity contribution in [1.82, 2.24) is 13.5 Å². The van der Waals surface area contributed by atoms with Gasteiger partial charge in [-0.1, -0.05) is 19.3 Å². The molecule has 2 saturated heterocycles. The molecular weight excluding hydrogens is 302 g/mol. The third-order valence-electron chi connectivity index (χ3n) is 5.22. The molecule has 0 bridgehead atoms. The van der Waals surface area contributed by atoms with Crippen molar-refractivity contribution < 1.29 is 13.2 Å². The Bertz CT molecular complexity index is 488. The lowest BCUT2D eigenvalue weighted by molar-refractivity contribution is -0.137. The van der Waals surface area contributed by atoms with E-state index in [1.165, 1.54) is 6.42 Å². The highest BCUT2D eigenvalue weighted by atomic mass is 32.2. The number of hydrogen-bond donors (Lipinski definition) is 0. The topological polar surface area (TPSA) is 60.9 Å². The number of rotatable bonds is 3. The van der Waals surface area contributed by atoms with Crippen molar-refractivity contribution in [3.8, 4) is 0 Å². The first-order valence-electron chi connectivity index (χ1n) is 8.63. The van der Waals surface area contributed by atoms with E-state index in [0.29, 0.717) is 39.3 Å². The Labute approximate surface area is 133 Å². The number of nitrogens with zero attached hydrogens (tertiary/aromatic N) is 3. The smallest absolute Gasteiger partial charge is 0.282 e. The molecule has 0 atom stereocenters. The zero-order valence-corrected chi connectivity index (χ0v) is 14.1. The van der Waals surface area contributed by atoms with Gasteiger partial charge in [-0.2, -0.15) is 17.0 Å². The Balaban J connectivity index is 1.54. The van der Waals surface area contributed by atoms with Gasteiger partial charge in [0, 0.05) is 45.2 Å². The molecule has 0 radical (unpaired) electrons. The predicted octanol–water partition coefficient (Wildman–Crippen LogP) is 1.05. The molecule has 0 aromatic heterocycles. The van der Waals surface area contributed by atoms with Crippen molar-refractivity contribution in [1.29, 1.82) is 0 Å². The van der Waals surface area contributed by atoms with Gasteiger partial charge in [0.05, 0.1) is 0 Å². The fourth-order valence-corrected chi connectivity index (χ4v) is 5.50. The van der Waals surface area contributed by atoms with Crippen LogP contribution in [0.25, 0.3) is 0 Å². The molecule has 3 aliphatic rings. The van der Waals surface area contributed by atoms with Crippen LogP contribution in [0.1, 0.15) is 44.9 Å². The van der Waals surface area contributed by atoms with E-state index in [2.05, 4.69) is 0 Å². The van der Waals surface area contributed by atoms with Crippen molar-refractivity contribution in [2.75, 3.05) is 39.3 Å². The molecule has 7 heteroatoms. The number of carbonyl (C=O) groups excluding carboxylic acids is 1. The second kappa shape index (κ2) is 6.84. The van der Waals surface area contributed by atoms with Crippen LogP contribution in [0, 0.1) is 5.92 Å². The van der Waals surface area contributed by atoms with Gasteiger partial charge in [-0.05, 0) is 25.7 Å². The van der Waals surface area contributed by atoms with Crippen molar-refractivity contribution in [2.24, 2.45) is 5.92 Å². The molecule has 0 aromatic rings. The molecule has 3 fully saturated rings. The summed E-state index contributed by atoms with van der Waals surface area (Å²) < 4.78 is 28.2. The SMILES string of the molecule is O=C(C1CCCCC1)N1CCN(S(=O)(=O)N2CCCC2)CC1. The molecule has 1 amide bonds. The fourth-order valence-electron chi connectivity index (χ4n) is 3.83. The lowest BCUT2D eigenvalue weighted by Gasteiger charge is -2.37. The highest BCUT2D eigenvalue weighted by Crippen LogP contribution is 2.26. The minimum Gasteiger partial charge on any atom is -0.340 e. The van der Waals surface area contributed by atoms with E-state index in [9.17, 15) is 13.2 Å². The zero-order valence-electron chi connectivity index (χ0n) is 13.2. The van der Waals surface area contributed by atoms with Crippen LogP contribution in [0.2, 0.25) is 0 Å². The van der Waals surface area contributed by atoms with Gasteiger partial charge < -0.3 is 4.90 Å². The molecule has 3 rings (SSSR count). The Morgan fingerprint density at radius 3 is 1.86 bits per heavy atom. The average molecular weight is 329 g/mol. The first-order valence-corrected chi connectivity index (χ1v) is 10.0. The third-order valence-corrected chi connectivity index (χ3v) is 7.26. The van der Waals surface area contributed by atoms with Crippen LogP contribution >= 0.6 is 0 Å². The fraction of sp³-hybridized carbons (Fsp3) is 0.933. The summed E-state index contributed by atoms with van der Waals surface area (Å²) in [7, 11) is -3.31. The lowest BCUT2D eigenvalue weighted by Crippen LogP contribution is -2.54. The molecule has 0 aromatic carbocycles. The standard InChI is InChI=1S/C15H27N3O3S/c19-15(14-6-2-1-3-7-14)16-10-12-18(13-11-16)22(20,21)17-8-4-5-9-17/h14H,1-13H2. The molecule has 2 heterocycles. The molecule has 2 aliphatic heterocycles. The summed E-state index contributed by atoms with van der Waals surface area (Å²) >= 11 is 0. The van der Waals surface area contributed by atoms with Gasteiger partial charge in [0.1, 0.15) is 0 Å². The molecule has 0 N–H and O–H groups in total. The van der Waals surface area contributed by atoms with E-state index >= 15 is 0 Å². The lowest BCUT2D eigenvalue weighted by atomic mass is 9.88. The normalized spacial score (nSPS) is 26.5. The summed E-state index contributed by atoms with van der Waals surface area (Å²) in [6.07, 6.45) is 7.47. The Kier molecular flexibility index (Phi) is 5.04. The van der Waals surface area contributed by atoms with Gasteiger partial charge in [0.15, 0.2) is 0 Å². The molecular formula is C15H27N3O3S. The average Bonchev–Trinajstić information content (AvgIpc) is 3.10. The zero-order chi connectivity index (χ0) is 15.6. The van der Waals surface area contributed by atoms with Crippen LogP contribution in [0.4, 0.5) is 0 Å². The van der Waals surface area contributed by atoms with E-state index in [1.807, 2.05) is 4.90 Å². The first-order chi connectivity index (χ1) is 10.6. The van der Waals surface area contributed by atoms with Crippen molar-refractivity contribution >= 4 is 16.1 Å². The largest absolute Gasteiger partial charge is 0.340 e. The van der Waals surface area contributed by atoms with Gasteiger partial charge in [-0.3, -0.25) is 4.79 Å². The van der Waals surface area contributed by atoms with Gasteiger partial charge in [-0.25, -0.2) is 0 Å². The summed E-state index contributed by atoms with van der Waals surface area (Å²) in [6.45, 7) is 3.26. The second-order valence-corrected chi connectivity index (χ2v) is 8.60. The molecule has 1 saturated carbocycles. The van der Waals surface area contributed by atoms with Crippen LogP contribution in [0.3, 0.4) is 0 Å². The molecule has 6 nitrogen and oxygen atoms in total. The maximum Gasteiger partial charge on any atom is 0.282 e. The van der Waals surface area contributed by atoms with Gasteiger partial charge in [0.25, 0.3) is 10.2 Å². The Hall–Kier alpha value is -0.660. The summed E-state index contributed by atoms with van der Waals surface area (Å²) in [5.74, 6) is 0.424. The second-order valence-electron chi connectivity index (χ2n) is 6.67. The van der Waals surface area contributed by atoms with Crippen molar-refractivity contribution in [2.45, 2.75) is 44.9 Å². The van der Waals surface area contributed by atoms with Crippen LogP contribution in [-0.2, 0) is 15.0 Å². The molecule has 0 unspecified atom stereocenters. The Morgan fingerprint density at radius 1 is 0.727 bits per heavy atom. The van der Waals surface area contributed by atoms with E-state index in [1.54, 1.807) is 8.61 Å². The van der Waals surface area contributed by atoms with Crippen molar-refractivity contribution in [3.63, 3.8) is 0 Å². The minimum absolute atomic E-state index is 0.176. The quantitative estimate of drug-likeness (QED) is 0.778. The summed E-state index contributed by atoms with van der Waals surface area (Å²) in [4.78, 5) is 14.4. The maximum absolute atomic E-state index is 12.5. The van der Waals surface area contributed by atoms with Crippen LogP contribution < -0.4 is 0 Å². The molecule has 1 aliphatic carbocycles. The number of hydrogen-bond acceptors (Lipinski definition) is 3. The predicted molar refractivity (Wildman–Crippen MR) is 84.5 cm³/mol. The monoisotopic (exact) mass is 329 g/mol. The van der Waals surface area contributed by atoms with Gasteiger partial charge in [-0.15, -0.1) is 0 Å². The minimum atomic E-state index is -3.31. The number of amides is 1. The highest BCUT2D eigenvalue weighted by Gasteiger charge is 2.35. The van der Waals surface area contributed by atoms with Crippen LogP contribution in [-0.4, -0.2) is 67.1 Å². The molecule has 126 valence electrons.